The average Bonchev–Trinajstić information content (AvgIpc) is 3.55. The zero-order valence-corrected chi connectivity index (χ0v) is 28.8. The largest absolute Gasteiger partial charge is 0.453 e. The molecule has 0 saturated heterocycles. The molecular formula is C38H44F2N4O4S. The van der Waals surface area contributed by atoms with Gasteiger partial charge in [-0.3, -0.25) is 9.00 Å². The fraction of sp³-hybridized carbons (Fsp3) is 0.421. The van der Waals surface area contributed by atoms with Crippen LogP contribution in [0.3, 0.4) is 0 Å². The molecule has 2 aliphatic rings. The number of fused-ring (bicyclic) bond motifs is 1. The zero-order chi connectivity index (χ0) is 34.8. The molecule has 3 unspecified atom stereocenters. The highest BCUT2D eigenvalue weighted by atomic mass is 32.2. The van der Waals surface area contributed by atoms with E-state index in [1.807, 2.05) is 12.1 Å². The molecule has 49 heavy (non-hydrogen) atoms. The van der Waals surface area contributed by atoms with Crippen molar-refractivity contribution in [2.75, 3.05) is 37.5 Å². The van der Waals surface area contributed by atoms with Crippen LogP contribution in [-0.2, 0) is 39.6 Å². The molecule has 260 valence electrons. The Morgan fingerprint density at radius 2 is 1.80 bits per heavy atom. The molecule has 3 aromatic carbocycles. The Labute approximate surface area is 289 Å². The highest BCUT2D eigenvalue weighted by Gasteiger charge is 2.34. The minimum Gasteiger partial charge on any atom is -0.453 e. The third kappa shape index (κ3) is 9.97. The van der Waals surface area contributed by atoms with Crippen LogP contribution in [-0.4, -0.2) is 66.5 Å². The lowest BCUT2D eigenvalue weighted by Crippen LogP contribution is -2.48. The van der Waals surface area contributed by atoms with Crippen molar-refractivity contribution in [1.29, 1.82) is 0 Å². The van der Waals surface area contributed by atoms with Gasteiger partial charge in [-0.05, 0) is 91.5 Å². The summed E-state index contributed by atoms with van der Waals surface area (Å²) in [7, 11) is 0.376. The van der Waals surface area contributed by atoms with E-state index in [0.717, 1.165) is 37.7 Å². The molecule has 5 rings (SSSR count). The molecule has 1 aliphatic heterocycles. The molecular weight excluding hydrogens is 647 g/mol. The summed E-state index contributed by atoms with van der Waals surface area (Å²) >= 11 is 0. The van der Waals surface area contributed by atoms with E-state index in [9.17, 15) is 18.2 Å². The molecule has 3 aromatic rings. The Morgan fingerprint density at radius 1 is 1.02 bits per heavy atom. The van der Waals surface area contributed by atoms with E-state index in [-0.39, 0.29) is 12.1 Å². The molecule has 5 atom stereocenters. The van der Waals surface area contributed by atoms with Crippen LogP contribution in [0.25, 0.3) is 0 Å². The number of aryl methyl sites for hydroxylation is 2. The van der Waals surface area contributed by atoms with Gasteiger partial charge >= 0.3 is 6.09 Å². The minimum absolute atomic E-state index is 0.00281. The summed E-state index contributed by atoms with van der Waals surface area (Å²) in [6.07, 6.45) is 6.33. The number of nitrogens with one attached hydrogen (secondary N) is 4. The van der Waals surface area contributed by atoms with Crippen LogP contribution < -0.4 is 21.3 Å². The molecule has 0 fully saturated rings. The number of carbonyl (C=O) groups is 2. The van der Waals surface area contributed by atoms with Gasteiger partial charge in [-0.25, -0.2) is 13.6 Å². The quantitative estimate of drug-likeness (QED) is 0.189. The van der Waals surface area contributed by atoms with E-state index in [1.165, 1.54) is 42.5 Å². The number of carbonyl (C=O) groups excluding carboxylic acids is 2. The Hall–Kier alpha value is -4.11. The number of amides is 2. The number of halogens is 2. The molecule has 0 spiro atoms. The Balaban J connectivity index is 1.37. The number of alkyl carbamates (subject to hydrolysis) is 1. The summed E-state index contributed by atoms with van der Waals surface area (Å²) in [5.74, 6) is 4.86. The smallest absolute Gasteiger partial charge is 0.407 e. The number of hydrogen-bond acceptors (Lipinski definition) is 6. The van der Waals surface area contributed by atoms with Crippen LogP contribution in [0, 0.1) is 23.5 Å². The fourth-order valence-corrected chi connectivity index (χ4v) is 7.20. The lowest BCUT2D eigenvalue weighted by atomic mass is 9.83. The number of ether oxygens (including phenoxy) is 1. The van der Waals surface area contributed by atoms with Gasteiger partial charge in [0.15, 0.2) is 0 Å². The molecule has 1 heterocycles. The van der Waals surface area contributed by atoms with E-state index < -0.39 is 46.4 Å². The molecule has 0 bridgehead atoms. The van der Waals surface area contributed by atoms with Crippen LogP contribution >= 0.6 is 0 Å². The molecule has 8 nitrogen and oxygen atoms in total. The second kappa shape index (κ2) is 17.5. The molecule has 1 aliphatic carbocycles. The number of rotatable bonds is 13. The van der Waals surface area contributed by atoms with E-state index in [1.54, 1.807) is 24.5 Å². The van der Waals surface area contributed by atoms with Crippen molar-refractivity contribution in [2.24, 2.45) is 0 Å². The fourth-order valence-electron chi connectivity index (χ4n) is 6.62. The second-order valence-corrected chi connectivity index (χ2v) is 14.2. The molecule has 4 N–H and O–H groups in total. The van der Waals surface area contributed by atoms with Gasteiger partial charge in [0.25, 0.3) is 0 Å². The SMILES string of the molecule is COC(=O)N[C@H](C(=O)Nc1cccc(F)c1CCC1CNC(CCCS(C)=O)C#CCN1)[C@@H](c1ccc(F)cc1)c1ccc2c(c1)CCC2. The maximum absolute atomic E-state index is 15.4. The van der Waals surface area contributed by atoms with E-state index >= 15 is 4.39 Å². The van der Waals surface area contributed by atoms with E-state index in [2.05, 4.69) is 39.2 Å². The van der Waals surface area contributed by atoms with Gasteiger partial charge in [0.05, 0.1) is 19.7 Å². The topological polar surface area (TPSA) is 109 Å². The van der Waals surface area contributed by atoms with Crippen molar-refractivity contribution >= 4 is 28.5 Å². The third-order valence-corrected chi connectivity index (χ3v) is 10.1. The summed E-state index contributed by atoms with van der Waals surface area (Å²) in [6, 6.07) is 15.3. The summed E-state index contributed by atoms with van der Waals surface area (Å²) in [4.78, 5) is 26.9. The predicted octanol–water partition coefficient (Wildman–Crippen LogP) is 4.97. The highest BCUT2D eigenvalue weighted by Crippen LogP contribution is 2.34. The number of hydrogen-bond donors (Lipinski definition) is 4. The normalized spacial score (nSPS) is 18.9. The summed E-state index contributed by atoms with van der Waals surface area (Å²) in [6.45, 7) is 1.12. The Kier molecular flexibility index (Phi) is 12.9. The first-order valence-electron chi connectivity index (χ1n) is 16.8. The van der Waals surface area contributed by atoms with Crippen molar-refractivity contribution in [3.63, 3.8) is 0 Å². The van der Waals surface area contributed by atoms with Crippen LogP contribution in [0.2, 0.25) is 0 Å². The lowest BCUT2D eigenvalue weighted by Gasteiger charge is -2.29. The van der Waals surface area contributed by atoms with E-state index in [4.69, 9.17) is 4.74 Å². The van der Waals surface area contributed by atoms with Gasteiger partial charge in [0, 0.05) is 52.6 Å². The predicted molar refractivity (Wildman–Crippen MR) is 189 cm³/mol. The van der Waals surface area contributed by atoms with Crippen molar-refractivity contribution < 1.29 is 27.3 Å². The van der Waals surface area contributed by atoms with Crippen molar-refractivity contribution in [1.82, 2.24) is 16.0 Å². The second-order valence-electron chi connectivity index (χ2n) is 12.6. The summed E-state index contributed by atoms with van der Waals surface area (Å²) in [5.41, 5.74) is 4.50. The van der Waals surface area contributed by atoms with E-state index in [0.29, 0.717) is 48.5 Å². The average molecular weight is 691 g/mol. The van der Waals surface area contributed by atoms with Crippen molar-refractivity contribution in [3.8, 4) is 11.8 Å². The van der Waals surface area contributed by atoms with Gasteiger partial charge in [0.1, 0.15) is 17.7 Å². The van der Waals surface area contributed by atoms with Crippen LogP contribution in [0.1, 0.15) is 59.4 Å². The first kappa shape index (κ1) is 36.2. The first-order valence-corrected chi connectivity index (χ1v) is 18.5. The lowest BCUT2D eigenvalue weighted by molar-refractivity contribution is -0.118. The first-order chi connectivity index (χ1) is 23.7. The van der Waals surface area contributed by atoms with Gasteiger partial charge in [-0.1, -0.05) is 48.2 Å². The van der Waals surface area contributed by atoms with Crippen molar-refractivity contribution in [2.45, 2.75) is 69.0 Å². The van der Waals surface area contributed by atoms with Crippen LogP contribution in [0.4, 0.5) is 19.3 Å². The standard InChI is InChI=1S/C38H44F2N4O4S/c1-48-38(46)44-36(35(26-15-17-29(39)18-16-26)28-14-13-25-7-3-8-27(25)23-28)37(45)43-34-12-4-11-33(40)32(34)20-19-31-24-42-30(9-5-21-41-31)10-6-22-49(2)47/h4,11-18,23,30-31,35-36,41-42H,3,6-8,10,19-22,24H2,1-2H3,(H,43,45)(H,44,46)/t30?,31?,35-,36-,49?/m0/s1. The highest BCUT2D eigenvalue weighted by molar-refractivity contribution is 7.84. The van der Waals surface area contributed by atoms with Crippen molar-refractivity contribution in [3.05, 3.63) is 100 Å². The molecule has 0 radical (unpaired) electrons. The van der Waals surface area contributed by atoms with Crippen LogP contribution in [0.15, 0.2) is 60.7 Å². The maximum Gasteiger partial charge on any atom is 0.407 e. The molecule has 0 aromatic heterocycles. The minimum atomic E-state index is -1.18. The summed E-state index contributed by atoms with van der Waals surface area (Å²) < 4.78 is 45.8. The molecule has 11 heteroatoms. The zero-order valence-electron chi connectivity index (χ0n) is 28.0. The van der Waals surface area contributed by atoms with Gasteiger partial charge in [-0.15, -0.1) is 0 Å². The Morgan fingerprint density at radius 3 is 2.57 bits per heavy atom. The number of benzene rings is 3. The van der Waals surface area contributed by atoms with Crippen LogP contribution in [0.5, 0.6) is 0 Å². The van der Waals surface area contributed by atoms with Gasteiger partial charge in [0.2, 0.25) is 5.91 Å². The molecule has 0 saturated carbocycles. The summed E-state index contributed by atoms with van der Waals surface area (Å²) in [5, 5.41) is 12.5. The number of methoxy groups -OCH3 is 1. The third-order valence-electron chi connectivity index (χ3n) is 9.20. The number of anilines is 1. The van der Waals surface area contributed by atoms with Gasteiger partial charge in [-0.2, -0.15) is 0 Å². The maximum atomic E-state index is 15.4. The van der Waals surface area contributed by atoms with Gasteiger partial charge < -0.3 is 26.0 Å². The monoisotopic (exact) mass is 690 g/mol. The Bertz CT molecular complexity index is 1710. The molecule has 2 amide bonds.